The molecule has 2 aromatic rings. The van der Waals surface area contributed by atoms with Crippen LogP contribution in [0.3, 0.4) is 0 Å². The van der Waals surface area contributed by atoms with Gasteiger partial charge in [-0.05, 0) is 44.4 Å². The van der Waals surface area contributed by atoms with Gasteiger partial charge in [0.1, 0.15) is 0 Å². The van der Waals surface area contributed by atoms with Crippen LogP contribution in [0, 0.1) is 6.92 Å². The van der Waals surface area contributed by atoms with Crippen LogP contribution in [0.4, 0.5) is 0 Å². The Hall–Kier alpha value is -2.22. The predicted molar refractivity (Wildman–Crippen MR) is 107 cm³/mol. The van der Waals surface area contributed by atoms with Crippen molar-refractivity contribution in [3.63, 3.8) is 0 Å². The monoisotopic (exact) mass is 402 g/mol. The molecule has 0 atom stereocenters. The van der Waals surface area contributed by atoms with E-state index in [0.717, 1.165) is 17.5 Å². The second-order valence-corrected chi connectivity index (χ2v) is 8.59. The number of carbonyl (C=O) groups is 1. The summed E-state index contributed by atoms with van der Waals surface area (Å²) in [6.07, 6.45) is 2.06. The lowest BCUT2D eigenvalue weighted by Gasteiger charge is -2.46. The first-order valence-electron chi connectivity index (χ1n) is 9.45. The predicted octanol–water partition coefficient (Wildman–Crippen LogP) is 3.08. The van der Waals surface area contributed by atoms with Crippen molar-refractivity contribution < 1.29 is 17.5 Å². The molecule has 1 aliphatic rings. The number of hydrogen-bond donors (Lipinski definition) is 0. The molecule has 2 aromatic carbocycles. The molecule has 0 unspecified atom stereocenters. The van der Waals surface area contributed by atoms with Gasteiger partial charge in [0.2, 0.25) is 6.41 Å². The van der Waals surface area contributed by atoms with Crippen LogP contribution in [0.15, 0.2) is 59.5 Å². The minimum atomic E-state index is -3.87. The third-order valence-corrected chi connectivity index (χ3v) is 6.65. The first-order chi connectivity index (χ1) is 13.4. The number of hydroxylamine groups is 2. The number of nitrogens with zero attached hydrogens (tertiary/aromatic N) is 2. The molecule has 1 heterocycles. The lowest BCUT2D eigenvalue weighted by Crippen LogP contribution is -2.53. The minimum Gasteiger partial charge on any atom is -0.336 e. The topological polar surface area (TPSA) is 66.9 Å². The SMILES string of the molecule is CCN(C=O)C1(c2ccccc2)CCN(OS(=O)(=O)c2ccc(C)cc2)CC1. The summed E-state index contributed by atoms with van der Waals surface area (Å²) in [6, 6.07) is 16.5. The van der Waals surface area contributed by atoms with Crippen LogP contribution >= 0.6 is 0 Å². The third kappa shape index (κ3) is 4.11. The van der Waals surface area contributed by atoms with Gasteiger partial charge in [0.05, 0.1) is 10.4 Å². The zero-order valence-corrected chi connectivity index (χ0v) is 17.1. The molecular weight excluding hydrogens is 376 g/mol. The fourth-order valence-corrected chi connectivity index (χ4v) is 4.77. The quantitative estimate of drug-likeness (QED) is 0.666. The summed E-state index contributed by atoms with van der Waals surface area (Å²) in [5, 5.41) is 1.48. The number of carbonyl (C=O) groups excluding carboxylic acids is 1. The number of piperidine rings is 1. The zero-order valence-electron chi connectivity index (χ0n) is 16.2. The van der Waals surface area contributed by atoms with Crippen LogP contribution in [-0.4, -0.2) is 44.4 Å². The van der Waals surface area contributed by atoms with Gasteiger partial charge in [-0.1, -0.05) is 48.0 Å². The molecule has 0 aromatic heterocycles. The van der Waals surface area contributed by atoms with Crippen LogP contribution < -0.4 is 0 Å². The van der Waals surface area contributed by atoms with E-state index in [1.165, 1.54) is 5.06 Å². The summed E-state index contributed by atoms with van der Waals surface area (Å²) in [5.74, 6) is 0. The highest BCUT2D eigenvalue weighted by Crippen LogP contribution is 2.38. The van der Waals surface area contributed by atoms with Crippen molar-refractivity contribution in [2.45, 2.75) is 37.1 Å². The van der Waals surface area contributed by atoms with Crippen LogP contribution in [0.1, 0.15) is 30.9 Å². The molecule has 1 fully saturated rings. The summed E-state index contributed by atoms with van der Waals surface area (Å²) in [4.78, 5) is 13.7. The fraction of sp³-hybridized carbons (Fsp3) is 0.381. The van der Waals surface area contributed by atoms with E-state index in [9.17, 15) is 13.2 Å². The standard InChI is InChI=1S/C21H26N2O4S/c1-3-22(17-24)21(19-7-5-4-6-8-19)13-15-23(16-14-21)27-28(25,26)20-11-9-18(2)10-12-20/h4-12,17H,3,13-16H2,1-2H3. The van der Waals surface area contributed by atoms with Crippen molar-refractivity contribution in [3.8, 4) is 0 Å². The van der Waals surface area contributed by atoms with E-state index >= 15 is 0 Å². The Balaban J connectivity index is 1.77. The highest BCUT2D eigenvalue weighted by molar-refractivity contribution is 7.86. The van der Waals surface area contributed by atoms with Gasteiger partial charge in [0, 0.05) is 19.6 Å². The van der Waals surface area contributed by atoms with Crippen LogP contribution in [-0.2, 0) is 24.7 Å². The third-order valence-electron chi connectivity index (χ3n) is 5.39. The maximum atomic E-state index is 12.6. The van der Waals surface area contributed by atoms with Crippen molar-refractivity contribution in [3.05, 3.63) is 65.7 Å². The van der Waals surface area contributed by atoms with E-state index in [1.54, 1.807) is 29.2 Å². The Kier molecular flexibility index (Phi) is 6.17. The molecule has 1 saturated heterocycles. The molecule has 0 aliphatic carbocycles. The molecule has 1 aliphatic heterocycles. The van der Waals surface area contributed by atoms with E-state index in [0.29, 0.717) is 32.5 Å². The van der Waals surface area contributed by atoms with Crippen molar-refractivity contribution in [1.29, 1.82) is 0 Å². The second-order valence-electron chi connectivity index (χ2n) is 7.06. The largest absolute Gasteiger partial charge is 0.336 e. The molecule has 150 valence electrons. The van der Waals surface area contributed by atoms with Gasteiger partial charge in [-0.15, -0.1) is 0 Å². The molecule has 28 heavy (non-hydrogen) atoms. The highest BCUT2D eigenvalue weighted by Gasteiger charge is 2.41. The fourth-order valence-electron chi connectivity index (χ4n) is 3.79. The smallest absolute Gasteiger partial charge is 0.313 e. The Morgan fingerprint density at radius 1 is 1.07 bits per heavy atom. The molecule has 3 rings (SSSR count). The molecular formula is C21H26N2O4S. The van der Waals surface area contributed by atoms with Crippen molar-refractivity contribution in [2.75, 3.05) is 19.6 Å². The Morgan fingerprint density at radius 3 is 2.21 bits per heavy atom. The van der Waals surface area contributed by atoms with Gasteiger partial charge < -0.3 is 4.90 Å². The van der Waals surface area contributed by atoms with Gasteiger partial charge in [0.25, 0.3) is 0 Å². The molecule has 0 N–H and O–H groups in total. The van der Waals surface area contributed by atoms with Crippen LogP contribution in [0.5, 0.6) is 0 Å². The van der Waals surface area contributed by atoms with Gasteiger partial charge in [0.15, 0.2) is 0 Å². The average molecular weight is 403 g/mol. The molecule has 7 heteroatoms. The molecule has 1 amide bonds. The summed E-state index contributed by atoms with van der Waals surface area (Å²) < 4.78 is 30.5. The lowest BCUT2D eigenvalue weighted by atomic mass is 9.80. The molecule has 0 saturated carbocycles. The van der Waals surface area contributed by atoms with Gasteiger partial charge in [-0.25, -0.2) is 0 Å². The maximum Gasteiger partial charge on any atom is 0.313 e. The minimum absolute atomic E-state index is 0.140. The molecule has 0 bridgehead atoms. The maximum absolute atomic E-state index is 12.6. The zero-order chi connectivity index (χ0) is 20.2. The number of rotatable bonds is 7. The summed E-state index contributed by atoms with van der Waals surface area (Å²) in [7, 11) is -3.87. The van der Waals surface area contributed by atoms with Crippen molar-refractivity contribution >= 4 is 16.5 Å². The summed E-state index contributed by atoms with van der Waals surface area (Å²) in [5.41, 5.74) is 1.59. The van der Waals surface area contributed by atoms with Gasteiger partial charge in [-0.3, -0.25) is 4.79 Å². The average Bonchev–Trinajstić information content (AvgIpc) is 2.71. The number of hydrogen-bond acceptors (Lipinski definition) is 5. The Morgan fingerprint density at radius 2 is 1.68 bits per heavy atom. The van der Waals surface area contributed by atoms with E-state index in [1.807, 2.05) is 44.2 Å². The summed E-state index contributed by atoms with van der Waals surface area (Å²) in [6.45, 7) is 5.25. The van der Waals surface area contributed by atoms with Crippen molar-refractivity contribution in [1.82, 2.24) is 9.96 Å². The first-order valence-corrected chi connectivity index (χ1v) is 10.9. The van der Waals surface area contributed by atoms with Crippen LogP contribution in [0.2, 0.25) is 0 Å². The molecule has 6 nitrogen and oxygen atoms in total. The van der Waals surface area contributed by atoms with Gasteiger partial charge in [-0.2, -0.15) is 17.8 Å². The highest BCUT2D eigenvalue weighted by atomic mass is 32.2. The van der Waals surface area contributed by atoms with E-state index < -0.39 is 15.7 Å². The van der Waals surface area contributed by atoms with Crippen LogP contribution in [0.25, 0.3) is 0 Å². The number of aryl methyl sites for hydroxylation is 1. The van der Waals surface area contributed by atoms with Gasteiger partial charge >= 0.3 is 10.1 Å². The number of benzene rings is 2. The first kappa shape index (κ1) is 20.5. The second kappa shape index (κ2) is 8.43. The van der Waals surface area contributed by atoms with E-state index in [-0.39, 0.29) is 4.90 Å². The van der Waals surface area contributed by atoms with Crippen molar-refractivity contribution in [2.24, 2.45) is 0 Å². The van der Waals surface area contributed by atoms with E-state index in [2.05, 4.69) is 0 Å². The molecule has 0 spiro atoms. The Labute approximate surface area is 166 Å². The number of amides is 1. The summed E-state index contributed by atoms with van der Waals surface area (Å²) >= 11 is 0. The van der Waals surface area contributed by atoms with E-state index in [4.69, 9.17) is 4.28 Å². The Bertz CT molecular complexity index is 890. The normalized spacial score (nSPS) is 17.2. The molecule has 0 radical (unpaired) electrons. The lowest BCUT2D eigenvalue weighted by molar-refractivity contribution is -0.135.